The third-order valence-corrected chi connectivity index (χ3v) is 4.48. The molecule has 132 valence electrons. The molecule has 1 unspecified atom stereocenters. The Morgan fingerprint density at radius 1 is 1.20 bits per heavy atom. The zero-order valence-corrected chi connectivity index (χ0v) is 14.5. The highest BCUT2D eigenvalue weighted by Crippen LogP contribution is 2.33. The molecule has 2 aromatic carbocycles. The molecule has 3 rings (SSSR count). The van der Waals surface area contributed by atoms with Gasteiger partial charge in [-0.2, -0.15) is 0 Å². The number of carbonyl (C=O) groups excluding carboxylic acids is 1. The molecule has 0 radical (unpaired) electrons. The van der Waals surface area contributed by atoms with Crippen LogP contribution in [0, 0.1) is 5.82 Å². The van der Waals surface area contributed by atoms with E-state index in [1.807, 2.05) is 11.0 Å². The Bertz CT molecular complexity index is 759. The minimum atomic E-state index is -0.667. The molecule has 0 heterocycles. The largest absolute Gasteiger partial charge is 0.508 e. The molecule has 0 saturated heterocycles. The molecule has 0 aromatic heterocycles. The van der Waals surface area contributed by atoms with Crippen LogP contribution in [0.15, 0.2) is 48.5 Å². The SMILES string of the molecule is CN(C)C(C(=O)N(Cc1cccc(O)c1)C1CC1)c1ccccc1F. The second-order valence-electron chi connectivity index (χ2n) is 6.75. The van der Waals surface area contributed by atoms with E-state index in [0.717, 1.165) is 18.4 Å². The van der Waals surface area contributed by atoms with E-state index in [1.165, 1.54) is 6.07 Å². The van der Waals surface area contributed by atoms with Crippen molar-refractivity contribution < 1.29 is 14.3 Å². The molecule has 1 N–H and O–H groups in total. The molecule has 2 aromatic rings. The lowest BCUT2D eigenvalue weighted by Gasteiger charge is -2.31. The minimum Gasteiger partial charge on any atom is -0.508 e. The Labute approximate surface area is 147 Å². The van der Waals surface area contributed by atoms with Gasteiger partial charge in [0.25, 0.3) is 0 Å². The molecule has 1 amide bonds. The van der Waals surface area contributed by atoms with E-state index in [1.54, 1.807) is 55.4 Å². The number of halogens is 1. The average Bonchev–Trinajstić information content (AvgIpc) is 3.39. The molecule has 25 heavy (non-hydrogen) atoms. The first-order valence-electron chi connectivity index (χ1n) is 8.46. The number of hydrogen-bond donors (Lipinski definition) is 1. The Morgan fingerprint density at radius 2 is 1.92 bits per heavy atom. The molecular weight excluding hydrogens is 319 g/mol. The summed E-state index contributed by atoms with van der Waals surface area (Å²) < 4.78 is 14.3. The van der Waals surface area contributed by atoms with Crippen molar-refractivity contribution in [1.29, 1.82) is 0 Å². The van der Waals surface area contributed by atoms with Crippen LogP contribution in [0.4, 0.5) is 4.39 Å². The molecular formula is C20H23FN2O2. The van der Waals surface area contributed by atoms with Gasteiger partial charge in [-0.05, 0) is 50.7 Å². The number of phenols is 1. The zero-order valence-electron chi connectivity index (χ0n) is 14.5. The van der Waals surface area contributed by atoms with E-state index in [4.69, 9.17) is 0 Å². The monoisotopic (exact) mass is 342 g/mol. The molecule has 1 aliphatic rings. The second-order valence-corrected chi connectivity index (χ2v) is 6.75. The van der Waals surface area contributed by atoms with Crippen molar-refractivity contribution in [2.75, 3.05) is 14.1 Å². The Morgan fingerprint density at radius 3 is 2.52 bits per heavy atom. The highest BCUT2D eigenvalue weighted by atomic mass is 19.1. The van der Waals surface area contributed by atoms with Crippen molar-refractivity contribution >= 4 is 5.91 Å². The molecule has 1 fully saturated rings. The van der Waals surface area contributed by atoms with E-state index in [2.05, 4.69) is 0 Å². The van der Waals surface area contributed by atoms with Gasteiger partial charge in [0.05, 0.1) is 0 Å². The number of carbonyl (C=O) groups is 1. The van der Waals surface area contributed by atoms with Gasteiger partial charge in [0, 0.05) is 18.2 Å². The maximum Gasteiger partial charge on any atom is 0.245 e. The molecule has 1 aliphatic carbocycles. The van der Waals surface area contributed by atoms with Crippen LogP contribution in [0.1, 0.15) is 30.0 Å². The van der Waals surface area contributed by atoms with Crippen LogP contribution in [0.2, 0.25) is 0 Å². The van der Waals surface area contributed by atoms with Crippen LogP contribution in [-0.2, 0) is 11.3 Å². The van der Waals surface area contributed by atoms with E-state index in [9.17, 15) is 14.3 Å². The van der Waals surface area contributed by atoms with Crippen molar-refractivity contribution in [3.63, 3.8) is 0 Å². The van der Waals surface area contributed by atoms with Gasteiger partial charge in [0.1, 0.15) is 17.6 Å². The van der Waals surface area contributed by atoms with Gasteiger partial charge in [0.15, 0.2) is 0 Å². The first-order chi connectivity index (χ1) is 12.0. The summed E-state index contributed by atoms with van der Waals surface area (Å²) in [6, 6.07) is 12.9. The van der Waals surface area contributed by atoms with Crippen LogP contribution in [-0.4, -0.2) is 41.0 Å². The summed E-state index contributed by atoms with van der Waals surface area (Å²) in [4.78, 5) is 16.8. The highest BCUT2D eigenvalue weighted by Gasteiger charge is 2.38. The molecule has 1 saturated carbocycles. The smallest absolute Gasteiger partial charge is 0.245 e. The third-order valence-electron chi connectivity index (χ3n) is 4.48. The quantitative estimate of drug-likeness (QED) is 0.876. The summed E-state index contributed by atoms with van der Waals surface area (Å²) in [5.41, 5.74) is 1.25. The van der Waals surface area contributed by atoms with E-state index < -0.39 is 6.04 Å². The van der Waals surface area contributed by atoms with Crippen LogP contribution in [0.5, 0.6) is 5.75 Å². The fourth-order valence-electron chi connectivity index (χ4n) is 3.11. The normalized spacial score (nSPS) is 15.2. The van der Waals surface area contributed by atoms with Gasteiger partial charge in [0.2, 0.25) is 5.91 Å². The standard InChI is InChI=1S/C20H23FN2O2/c1-22(2)19(17-8-3-4-9-18(17)21)20(25)23(15-10-11-15)13-14-6-5-7-16(24)12-14/h3-9,12,15,19,24H,10-11,13H2,1-2H3. The predicted molar refractivity (Wildman–Crippen MR) is 94.5 cm³/mol. The summed E-state index contributed by atoms with van der Waals surface area (Å²) in [5.74, 6) is -0.303. The molecule has 0 spiro atoms. The van der Waals surface area contributed by atoms with Crippen molar-refractivity contribution in [2.24, 2.45) is 0 Å². The van der Waals surface area contributed by atoms with Crippen LogP contribution in [0.25, 0.3) is 0 Å². The summed E-state index contributed by atoms with van der Waals surface area (Å²) in [7, 11) is 3.57. The van der Waals surface area contributed by atoms with Crippen molar-refractivity contribution in [3.05, 3.63) is 65.5 Å². The van der Waals surface area contributed by atoms with Gasteiger partial charge < -0.3 is 10.0 Å². The fourth-order valence-corrected chi connectivity index (χ4v) is 3.11. The minimum absolute atomic E-state index is 0.110. The lowest BCUT2D eigenvalue weighted by atomic mass is 10.0. The maximum atomic E-state index is 14.3. The number of amides is 1. The number of nitrogens with zero attached hydrogens (tertiary/aromatic N) is 2. The topological polar surface area (TPSA) is 43.8 Å². The average molecular weight is 342 g/mol. The number of rotatable bonds is 6. The highest BCUT2D eigenvalue weighted by molar-refractivity contribution is 5.84. The lowest BCUT2D eigenvalue weighted by molar-refractivity contribution is -0.137. The van der Waals surface area contributed by atoms with Crippen LogP contribution >= 0.6 is 0 Å². The van der Waals surface area contributed by atoms with Crippen LogP contribution < -0.4 is 0 Å². The number of benzene rings is 2. The number of aromatic hydroxyl groups is 1. The second kappa shape index (κ2) is 7.23. The molecule has 0 bridgehead atoms. The fraction of sp³-hybridized carbons (Fsp3) is 0.350. The molecule has 0 aliphatic heterocycles. The van der Waals surface area contributed by atoms with E-state index in [0.29, 0.717) is 12.1 Å². The van der Waals surface area contributed by atoms with Gasteiger partial charge in [-0.3, -0.25) is 9.69 Å². The van der Waals surface area contributed by atoms with Crippen molar-refractivity contribution in [2.45, 2.75) is 31.5 Å². The number of phenolic OH excluding ortho intramolecular Hbond substituents is 1. The zero-order chi connectivity index (χ0) is 18.0. The summed E-state index contributed by atoms with van der Waals surface area (Å²) >= 11 is 0. The van der Waals surface area contributed by atoms with Gasteiger partial charge in [-0.15, -0.1) is 0 Å². The summed E-state index contributed by atoms with van der Waals surface area (Å²) in [6.07, 6.45) is 1.92. The van der Waals surface area contributed by atoms with Crippen LogP contribution in [0.3, 0.4) is 0 Å². The lowest BCUT2D eigenvalue weighted by Crippen LogP contribution is -2.41. The Kier molecular flexibility index (Phi) is 5.04. The Hall–Kier alpha value is -2.40. The third kappa shape index (κ3) is 3.99. The first-order valence-corrected chi connectivity index (χ1v) is 8.46. The van der Waals surface area contributed by atoms with Crippen molar-refractivity contribution in [1.82, 2.24) is 9.80 Å². The first kappa shape index (κ1) is 17.4. The molecule has 1 atom stereocenters. The summed E-state index contributed by atoms with van der Waals surface area (Å²) in [5, 5.41) is 9.67. The molecule has 4 nitrogen and oxygen atoms in total. The summed E-state index contributed by atoms with van der Waals surface area (Å²) in [6.45, 7) is 0.413. The number of likely N-dealkylation sites (N-methyl/N-ethyl adjacent to an activating group) is 1. The van der Waals surface area contributed by atoms with E-state index in [-0.39, 0.29) is 23.5 Å². The Balaban J connectivity index is 1.89. The van der Waals surface area contributed by atoms with Gasteiger partial charge in [-0.25, -0.2) is 4.39 Å². The van der Waals surface area contributed by atoms with E-state index >= 15 is 0 Å². The van der Waals surface area contributed by atoms with Crippen molar-refractivity contribution in [3.8, 4) is 5.75 Å². The predicted octanol–water partition coefficient (Wildman–Crippen LogP) is 3.33. The molecule has 5 heteroatoms. The van der Waals surface area contributed by atoms with Gasteiger partial charge in [-0.1, -0.05) is 30.3 Å². The number of hydrogen-bond acceptors (Lipinski definition) is 3. The maximum absolute atomic E-state index is 14.3. The van der Waals surface area contributed by atoms with Gasteiger partial charge >= 0.3 is 0 Å².